The highest BCUT2D eigenvalue weighted by molar-refractivity contribution is 5.96. The third-order valence-corrected chi connectivity index (χ3v) is 8.26. The van der Waals surface area contributed by atoms with Gasteiger partial charge in [0.15, 0.2) is 0 Å². The molecule has 1 aliphatic carbocycles. The Morgan fingerprint density at radius 3 is 2.68 bits per heavy atom. The van der Waals surface area contributed by atoms with Crippen molar-refractivity contribution in [3.05, 3.63) is 46.3 Å². The van der Waals surface area contributed by atoms with Crippen molar-refractivity contribution in [2.75, 3.05) is 13.1 Å². The van der Waals surface area contributed by atoms with Crippen molar-refractivity contribution in [2.45, 2.75) is 96.4 Å². The molecule has 2 saturated heterocycles. The minimum absolute atomic E-state index is 0.0670. The van der Waals surface area contributed by atoms with E-state index in [0.717, 1.165) is 41.8 Å². The van der Waals surface area contributed by atoms with Crippen LogP contribution in [0.4, 0.5) is 0 Å². The van der Waals surface area contributed by atoms with Crippen LogP contribution in [0.2, 0.25) is 0 Å². The molecule has 0 aromatic heterocycles. The lowest BCUT2D eigenvalue weighted by Crippen LogP contribution is -2.70. The van der Waals surface area contributed by atoms with Crippen molar-refractivity contribution in [1.29, 1.82) is 5.41 Å². The second-order valence-electron chi connectivity index (χ2n) is 11.2. The molecule has 2 heterocycles. The lowest BCUT2D eigenvalue weighted by Gasteiger charge is -2.50. The summed E-state index contributed by atoms with van der Waals surface area (Å²) in [5, 5.41) is 29.8. The van der Waals surface area contributed by atoms with Crippen LogP contribution in [0.15, 0.2) is 29.6 Å². The number of aliphatic hydroxyl groups excluding tert-OH is 1. The molecule has 5 N–H and O–H groups in total. The van der Waals surface area contributed by atoms with Gasteiger partial charge in [0.05, 0.1) is 23.5 Å². The highest BCUT2D eigenvalue weighted by Crippen LogP contribution is 2.40. The van der Waals surface area contributed by atoms with E-state index < -0.39 is 17.7 Å². The van der Waals surface area contributed by atoms with Gasteiger partial charge in [0.25, 0.3) is 5.91 Å². The molecule has 1 aromatic carbocycles. The number of fused-ring (bicyclic) bond motifs is 2. The van der Waals surface area contributed by atoms with Crippen molar-refractivity contribution in [1.82, 2.24) is 20.9 Å². The highest BCUT2D eigenvalue weighted by Gasteiger charge is 2.58. The Balaban J connectivity index is 1.63. The highest BCUT2D eigenvalue weighted by atomic mass is 16.3. The first kappa shape index (κ1) is 24.6. The van der Waals surface area contributed by atoms with Crippen LogP contribution in [0.1, 0.15) is 82.3 Å². The normalized spacial score (nSPS) is 29.6. The standard InChI is InChI=1S/C27H41N5O2/c1-7-22(28)31-21-14-29-24(16(2)3)32-15-20(23(33)27(21,32)6)30-25(34)18-10-8-12-19-17(18)11-9-13-26(19,4)5/h8,10,12,20-21,23,29,33H,7,9,11,13-15H2,1-6H3,(H2,28,31)(H,30,34)/t20-,21?,23-,27?/m1/s1. The molecule has 0 radical (unpaired) electrons. The molecule has 186 valence electrons. The van der Waals surface area contributed by atoms with Gasteiger partial charge in [0, 0.05) is 25.1 Å². The second kappa shape index (κ2) is 8.91. The summed E-state index contributed by atoms with van der Waals surface area (Å²) < 4.78 is 0. The first-order valence-corrected chi connectivity index (χ1v) is 12.6. The number of hydrogen-bond acceptors (Lipinski definition) is 5. The number of rotatable bonds is 4. The van der Waals surface area contributed by atoms with Gasteiger partial charge in [-0.15, -0.1) is 0 Å². The number of carbonyl (C=O) groups excluding carboxylic acids is 1. The average molecular weight is 468 g/mol. The molecule has 0 saturated carbocycles. The van der Waals surface area contributed by atoms with Crippen LogP contribution >= 0.6 is 0 Å². The first-order valence-electron chi connectivity index (χ1n) is 12.6. The summed E-state index contributed by atoms with van der Waals surface area (Å²) in [6, 6.07) is 5.48. The minimum atomic E-state index is -0.786. The van der Waals surface area contributed by atoms with E-state index in [4.69, 9.17) is 5.41 Å². The number of aliphatic hydroxyl groups is 1. The zero-order chi connectivity index (χ0) is 24.8. The summed E-state index contributed by atoms with van der Waals surface area (Å²) in [5.41, 5.74) is 3.69. The van der Waals surface area contributed by atoms with Crippen molar-refractivity contribution in [2.24, 2.45) is 0 Å². The van der Waals surface area contributed by atoms with Crippen LogP contribution in [0.3, 0.4) is 0 Å². The maximum atomic E-state index is 13.5. The maximum absolute atomic E-state index is 13.5. The van der Waals surface area contributed by atoms with Gasteiger partial charge >= 0.3 is 0 Å². The maximum Gasteiger partial charge on any atom is 0.251 e. The van der Waals surface area contributed by atoms with Crippen molar-refractivity contribution >= 4 is 11.7 Å². The lowest BCUT2D eigenvalue weighted by atomic mass is 9.71. The van der Waals surface area contributed by atoms with Crippen LogP contribution < -0.4 is 16.0 Å². The van der Waals surface area contributed by atoms with Gasteiger partial charge in [0.1, 0.15) is 11.9 Å². The zero-order valence-electron chi connectivity index (χ0n) is 21.5. The molecule has 7 heteroatoms. The summed E-state index contributed by atoms with van der Waals surface area (Å²) in [6.07, 6.45) is 2.93. The Kier molecular flexibility index (Phi) is 6.44. The monoisotopic (exact) mass is 467 g/mol. The predicted octanol–water partition coefficient (Wildman–Crippen LogP) is 3.03. The molecule has 1 amide bonds. The second-order valence-corrected chi connectivity index (χ2v) is 11.2. The predicted molar refractivity (Wildman–Crippen MR) is 136 cm³/mol. The molecule has 3 aliphatic rings. The number of amides is 1. The number of nitrogens with zero attached hydrogens (tertiary/aromatic N) is 1. The SMILES string of the molecule is CCC(=N)NC1CNC(=C(C)C)N2C[C@@H](NC(=O)c3cccc4c3CCCC4(C)C)[C@@H](O)C12C. The van der Waals surface area contributed by atoms with Crippen LogP contribution in [-0.2, 0) is 11.8 Å². The van der Waals surface area contributed by atoms with E-state index >= 15 is 0 Å². The molecule has 0 spiro atoms. The van der Waals surface area contributed by atoms with Crippen LogP contribution in [-0.4, -0.2) is 58.6 Å². The van der Waals surface area contributed by atoms with Gasteiger partial charge in [-0.1, -0.05) is 32.9 Å². The summed E-state index contributed by atoms with van der Waals surface area (Å²) in [6.45, 7) is 13.7. The molecule has 1 aromatic rings. The molecular formula is C27H41N5O2. The smallest absolute Gasteiger partial charge is 0.251 e. The fraction of sp³-hybridized carbons (Fsp3) is 0.630. The Morgan fingerprint density at radius 2 is 2.00 bits per heavy atom. The number of nitrogens with one attached hydrogen (secondary N) is 4. The van der Waals surface area contributed by atoms with E-state index in [1.165, 1.54) is 5.56 Å². The Hall–Kier alpha value is -2.54. The number of carbonyl (C=O) groups is 1. The largest absolute Gasteiger partial charge is 0.388 e. The van der Waals surface area contributed by atoms with Crippen molar-refractivity contribution in [3.63, 3.8) is 0 Å². The van der Waals surface area contributed by atoms with E-state index in [1.54, 1.807) is 0 Å². The molecular weight excluding hydrogens is 426 g/mol. The van der Waals surface area contributed by atoms with Gasteiger partial charge in [-0.2, -0.15) is 0 Å². The molecule has 0 bridgehead atoms. The molecule has 2 aliphatic heterocycles. The average Bonchev–Trinajstić information content (AvgIpc) is 3.04. The summed E-state index contributed by atoms with van der Waals surface area (Å²) in [4.78, 5) is 15.7. The zero-order valence-corrected chi connectivity index (χ0v) is 21.5. The lowest BCUT2D eigenvalue weighted by molar-refractivity contribution is 0.00773. The Labute approximate surface area is 203 Å². The number of benzene rings is 1. The summed E-state index contributed by atoms with van der Waals surface area (Å²) in [7, 11) is 0. The van der Waals surface area contributed by atoms with Gasteiger partial charge in [-0.3, -0.25) is 10.2 Å². The van der Waals surface area contributed by atoms with E-state index in [0.29, 0.717) is 25.3 Å². The van der Waals surface area contributed by atoms with Crippen LogP contribution in [0.5, 0.6) is 0 Å². The van der Waals surface area contributed by atoms with Crippen molar-refractivity contribution < 1.29 is 9.90 Å². The molecule has 2 unspecified atom stereocenters. The molecule has 34 heavy (non-hydrogen) atoms. The van der Waals surface area contributed by atoms with Gasteiger partial charge < -0.3 is 26.0 Å². The quantitative estimate of drug-likeness (QED) is 0.346. The Bertz CT molecular complexity index is 1010. The van der Waals surface area contributed by atoms with E-state index in [1.807, 2.05) is 26.0 Å². The van der Waals surface area contributed by atoms with Gasteiger partial charge in [-0.25, -0.2) is 0 Å². The molecule has 4 rings (SSSR count). The third-order valence-electron chi connectivity index (χ3n) is 8.26. The summed E-state index contributed by atoms with van der Waals surface area (Å²) in [5.74, 6) is 1.34. The topological polar surface area (TPSA) is 100 Å². The molecule has 2 fully saturated rings. The number of amidine groups is 1. The van der Waals surface area contributed by atoms with Crippen molar-refractivity contribution in [3.8, 4) is 0 Å². The van der Waals surface area contributed by atoms with Gasteiger partial charge in [-0.05, 0) is 68.2 Å². The fourth-order valence-corrected chi connectivity index (χ4v) is 6.16. The van der Waals surface area contributed by atoms with Gasteiger partial charge in [0.2, 0.25) is 0 Å². The van der Waals surface area contributed by atoms with Crippen LogP contribution in [0, 0.1) is 5.41 Å². The molecule has 7 nitrogen and oxygen atoms in total. The number of hydrogen-bond donors (Lipinski definition) is 5. The molecule has 4 atom stereocenters. The Morgan fingerprint density at radius 1 is 1.26 bits per heavy atom. The fourth-order valence-electron chi connectivity index (χ4n) is 6.16. The summed E-state index contributed by atoms with van der Waals surface area (Å²) >= 11 is 0. The van der Waals surface area contributed by atoms with Crippen LogP contribution in [0.25, 0.3) is 0 Å². The van der Waals surface area contributed by atoms with E-state index in [9.17, 15) is 9.90 Å². The first-order chi connectivity index (χ1) is 16.0. The minimum Gasteiger partial charge on any atom is -0.388 e. The number of allylic oxidation sites excluding steroid dienone is 1. The third kappa shape index (κ3) is 3.98. The van der Waals surface area contributed by atoms with E-state index in [-0.39, 0.29) is 17.4 Å². The van der Waals surface area contributed by atoms with E-state index in [2.05, 4.69) is 54.6 Å².